The Hall–Kier alpha value is -6.88. The van der Waals surface area contributed by atoms with Gasteiger partial charge in [-0.05, 0) is 71.3 Å². The van der Waals surface area contributed by atoms with E-state index in [1.807, 2.05) is 36.4 Å². The van der Waals surface area contributed by atoms with E-state index in [9.17, 15) is 10.5 Å². The summed E-state index contributed by atoms with van der Waals surface area (Å²) >= 11 is 0. The van der Waals surface area contributed by atoms with Crippen molar-refractivity contribution < 1.29 is 0 Å². The zero-order valence-corrected chi connectivity index (χ0v) is 25.8. The highest BCUT2D eigenvalue weighted by Crippen LogP contribution is 2.39. The van der Waals surface area contributed by atoms with Crippen molar-refractivity contribution in [3.63, 3.8) is 0 Å². The SMILES string of the molecule is N#Cc1cccc(-n2c3ccccc3c3ccccc32)c1-c1ccc(-c2cccc(-n3c4ccccc4c4c(C#N)cccc43)c2)cc1. The van der Waals surface area contributed by atoms with E-state index < -0.39 is 0 Å². The summed E-state index contributed by atoms with van der Waals surface area (Å²) in [6, 6.07) is 58.9. The molecule has 0 aliphatic rings. The van der Waals surface area contributed by atoms with Gasteiger partial charge in [0.15, 0.2) is 0 Å². The molecule has 0 saturated carbocycles. The molecule has 0 N–H and O–H groups in total. The monoisotopic (exact) mass is 610 g/mol. The number of hydrogen-bond acceptors (Lipinski definition) is 2. The number of nitrogens with zero attached hydrogens (tertiary/aromatic N) is 4. The lowest BCUT2D eigenvalue weighted by Crippen LogP contribution is -1.99. The van der Waals surface area contributed by atoms with Crippen LogP contribution in [0.15, 0.2) is 158 Å². The van der Waals surface area contributed by atoms with Crippen LogP contribution in [0.2, 0.25) is 0 Å². The highest BCUT2D eigenvalue weighted by molar-refractivity contribution is 6.12. The Kier molecular flexibility index (Phi) is 6.22. The van der Waals surface area contributed by atoms with Crippen LogP contribution >= 0.6 is 0 Å². The Morgan fingerprint density at radius 3 is 1.62 bits per heavy atom. The van der Waals surface area contributed by atoms with E-state index in [0.717, 1.165) is 66.5 Å². The fourth-order valence-corrected chi connectivity index (χ4v) is 7.35. The van der Waals surface area contributed by atoms with Crippen LogP contribution in [0.3, 0.4) is 0 Å². The van der Waals surface area contributed by atoms with Crippen LogP contribution in [-0.2, 0) is 0 Å². The first-order valence-electron chi connectivity index (χ1n) is 15.9. The average molecular weight is 611 g/mol. The summed E-state index contributed by atoms with van der Waals surface area (Å²) in [5.74, 6) is 0. The van der Waals surface area contributed by atoms with Crippen molar-refractivity contribution in [2.75, 3.05) is 0 Å². The van der Waals surface area contributed by atoms with Crippen molar-refractivity contribution in [1.82, 2.24) is 9.13 Å². The summed E-state index contributed by atoms with van der Waals surface area (Å²) in [4.78, 5) is 0. The van der Waals surface area contributed by atoms with Gasteiger partial charge in [-0.1, -0.05) is 103 Å². The third-order valence-corrected chi connectivity index (χ3v) is 9.41. The zero-order chi connectivity index (χ0) is 32.2. The molecule has 4 heteroatoms. The van der Waals surface area contributed by atoms with Crippen LogP contribution in [0.1, 0.15) is 11.1 Å². The number of para-hydroxylation sites is 3. The summed E-state index contributed by atoms with van der Waals surface area (Å²) in [6.07, 6.45) is 0. The number of nitriles is 2. The fraction of sp³-hybridized carbons (Fsp3) is 0. The Morgan fingerprint density at radius 2 is 0.938 bits per heavy atom. The molecule has 0 saturated heterocycles. The standard InChI is InChI=1S/C44H26N4/c45-27-32-11-8-20-41(48-38-17-4-1-14-35(38)36-15-2-5-18-39(36)48)43(32)30-24-22-29(23-25-30)31-10-7-13-34(26-31)47-40-19-6-3-16-37(40)44-33(28-46)12-9-21-42(44)47/h1-26H. The second-order valence-corrected chi connectivity index (χ2v) is 12.0. The molecule has 2 heterocycles. The molecule has 9 rings (SSSR count). The zero-order valence-electron chi connectivity index (χ0n) is 25.8. The molecular formula is C44H26N4. The lowest BCUT2D eigenvalue weighted by atomic mass is 9.95. The molecule has 7 aromatic carbocycles. The Balaban J connectivity index is 1.18. The van der Waals surface area contributed by atoms with Crippen LogP contribution in [0.5, 0.6) is 0 Å². The molecule has 0 radical (unpaired) electrons. The minimum absolute atomic E-state index is 0.632. The molecule has 48 heavy (non-hydrogen) atoms. The Morgan fingerprint density at radius 1 is 0.396 bits per heavy atom. The molecule has 0 fully saturated rings. The van der Waals surface area contributed by atoms with Crippen molar-refractivity contribution in [3.8, 4) is 45.8 Å². The number of benzene rings is 7. The summed E-state index contributed by atoms with van der Waals surface area (Å²) in [7, 11) is 0. The molecule has 0 unspecified atom stereocenters. The summed E-state index contributed by atoms with van der Waals surface area (Å²) < 4.78 is 4.52. The molecule has 4 nitrogen and oxygen atoms in total. The van der Waals surface area contributed by atoms with Gasteiger partial charge in [-0.25, -0.2) is 0 Å². The van der Waals surface area contributed by atoms with Crippen molar-refractivity contribution in [1.29, 1.82) is 10.5 Å². The summed E-state index contributed by atoms with van der Waals surface area (Å²) in [5.41, 5.74) is 11.6. The van der Waals surface area contributed by atoms with E-state index in [2.05, 4.69) is 143 Å². The van der Waals surface area contributed by atoms with Gasteiger partial charge < -0.3 is 9.13 Å². The molecule has 9 aromatic rings. The first kappa shape index (κ1) is 27.4. The molecule has 0 bridgehead atoms. The first-order valence-corrected chi connectivity index (χ1v) is 15.9. The summed E-state index contributed by atoms with van der Waals surface area (Å²) in [6.45, 7) is 0. The lowest BCUT2D eigenvalue weighted by Gasteiger charge is -2.16. The molecule has 2 aromatic heterocycles. The van der Waals surface area contributed by atoms with Crippen molar-refractivity contribution in [2.45, 2.75) is 0 Å². The highest BCUT2D eigenvalue weighted by Gasteiger charge is 2.19. The molecule has 0 aliphatic heterocycles. The van der Waals surface area contributed by atoms with E-state index in [0.29, 0.717) is 11.1 Å². The molecular weight excluding hydrogens is 585 g/mol. The summed E-state index contributed by atoms with van der Waals surface area (Å²) in [5, 5.41) is 24.6. The highest BCUT2D eigenvalue weighted by atomic mass is 15.0. The van der Waals surface area contributed by atoms with Gasteiger partial charge in [0.1, 0.15) is 0 Å². The third kappa shape index (κ3) is 4.07. The maximum absolute atomic E-state index is 10.3. The maximum atomic E-state index is 10.3. The van der Waals surface area contributed by atoms with Gasteiger partial charge in [0.2, 0.25) is 0 Å². The smallest absolute Gasteiger partial charge is 0.0998 e. The minimum Gasteiger partial charge on any atom is -0.309 e. The predicted octanol–water partition coefficient (Wildman–Crippen LogP) is 11.0. The van der Waals surface area contributed by atoms with Gasteiger partial charge >= 0.3 is 0 Å². The number of hydrogen-bond donors (Lipinski definition) is 0. The van der Waals surface area contributed by atoms with E-state index in [4.69, 9.17) is 0 Å². The van der Waals surface area contributed by atoms with Crippen molar-refractivity contribution in [2.24, 2.45) is 0 Å². The van der Waals surface area contributed by atoms with Crippen LogP contribution in [0.4, 0.5) is 0 Å². The van der Waals surface area contributed by atoms with Crippen molar-refractivity contribution >= 4 is 43.6 Å². The first-order chi connectivity index (χ1) is 23.7. The maximum Gasteiger partial charge on any atom is 0.0998 e. The number of fused-ring (bicyclic) bond motifs is 6. The number of rotatable bonds is 4. The fourth-order valence-electron chi connectivity index (χ4n) is 7.35. The second-order valence-electron chi connectivity index (χ2n) is 12.0. The lowest BCUT2D eigenvalue weighted by molar-refractivity contribution is 1.18. The molecule has 222 valence electrons. The van der Waals surface area contributed by atoms with E-state index in [1.54, 1.807) is 0 Å². The molecule has 0 atom stereocenters. The molecule has 0 spiro atoms. The van der Waals surface area contributed by atoms with Gasteiger partial charge in [0.05, 0.1) is 51.0 Å². The average Bonchev–Trinajstić information content (AvgIpc) is 3.68. The minimum atomic E-state index is 0.632. The normalized spacial score (nSPS) is 11.3. The van der Waals surface area contributed by atoms with Crippen LogP contribution in [0.25, 0.3) is 77.2 Å². The van der Waals surface area contributed by atoms with E-state index in [1.165, 1.54) is 10.8 Å². The van der Waals surface area contributed by atoms with Gasteiger partial charge in [0, 0.05) is 32.8 Å². The molecule has 0 amide bonds. The molecule has 0 aliphatic carbocycles. The van der Waals surface area contributed by atoms with E-state index >= 15 is 0 Å². The van der Waals surface area contributed by atoms with Gasteiger partial charge in [-0.15, -0.1) is 0 Å². The van der Waals surface area contributed by atoms with Crippen LogP contribution < -0.4 is 0 Å². The predicted molar refractivity (Wildman–Crippen MR) is 195 cm³/mol. The quantitative estimate of drug-likeness (QED) is 0.199. The van der Waals surface area contributed by atoms with Gasteiger partial charge in [0.25, 0.3) is 0 Å². The van der Waals surface area contributed by atoms with Crippen molar-refractivity contribution in [3.05, 3.63) is 169 Å². The van der Waals surface area contributed by atoms with E-state index in [-0.39, 0.29) is 0 Å². The third-order valence-electron chi connectivity index (χ3n) is 9.41. The van der Waals surface area contributed by atoms with Crippen LogP contribution in [-0.4, -0.2) is 9.13 Å². The second kappa shape index (κ2) is 10.9. The topological polar surface area (TPSA) is 57.4 Å². The van der Waals surface area contributed by atoms with Crippen LogP contribution in [0, 0.1) is 22.7 Å². The Bertz CT molecular complexity index is 2750. The van der Waals surface area contributed by atoms with Gasteiger partial charge in [-0.2, -0.15) is 10.5 Å². The Labute approximate surface area is 277 Å². The van der Waals surface area contributed by atoms with Gasteiger partial charge in [-0.3, -0.25) is 0 Å². The number of aromatic nitrogens is 2. The largest absolute Gasteiger partial charge is 0.309 e.